The topological polar surface area (TPSA) is 56.3 Å². The first kappa shape index (κ1) is 11.1. The zero-order chi connectivity index (χ0) is 12.5. The van der Waals surface area contributed by atoms with Crippen LogP contribution in [0.25, 0.3) is 11.4 Å². The third-order valence-electron chi connectivity index (χ3n) is 2.60. The summed E-state index contributed by atoms with van der Waals surface area (Å²) >= 11 is 6.12. The predicted octanol–water partition coefficient (Wildman–Crippen LogP) is 2.57. The van der Waals surface area contributed by atoms with Crippen molar-refractivity contribution in [2.45, 2.75) is 0 Å². The molecule has 92 valence electrons. The van der Waals surface area contributed by atoms with E-state index in [1.807, 2.05) is 6.07 Å². The average molecular weight is 264 g/mol. The van der Waals surface area contributed by atoms with E-state index in [2.05, 4.69) is 15.3 Å². The van der Waals surface area contributed by atoms with Gasteiger partial charge < -0.3 is 14.8 Å². The van der Waals surface area contributed by atoms with E-state index in [1.54, 1.807) is 25.4 Å². The fourth-order valence-electron chi connectivity index (χ4n) is 1.73. The molecule has 0 aliphatic carbocycles. The summed E-state index contributed by atoms with van der Waals surface area (Å²) in [5.74, 6) is 2.52. The van der Waals surface area contributed by atoms with Crippen LogP contribution in [0.1, 0.15) is 0 Å². The number of rotatable bonds is 2. The Bertz CT molecular complexity index is 604. The minimum Gasteiger partial charge on any atom is -0.454 e. The summed E-state index contributed by atoms with van der Waals surface area (Å²) in [4.78, 5) is 8.57. The Morgan fingerprint density at radius 3 is 3.06 bits per heavy atom. The number of halogens is 1. The number of nitrogens with one attached hydrogen (secondary N) is 1. The third-order valence-corrected chi connectivity index (χ3v) is 2.88. The van der Waals surface area contributed by atoms with Crippen LogP contribution in [0, 0.1) is 0 Å². The molecule has 0 spiro atoms. The SMILES string of the molecule is CNc1ccnc(-c2cc(Cl)c3c(c2)OCO3)n1. The fraction of sp³-hybridized carbons (Fsp3) is 0.167. The van der Waals surface area contributed by atoms with Crippen molar-refractivity contribution in [3.05, 3.63) is 29.4 Å². The number of benzene rings is 1. The lowest BCUT2D eigenvalue weighted by Gasteiger charge is -2.05. The molecule has 5 nitrogen and oxygen atoms in total. The Balaban J connectivity index is 2.09. The van der Waals surface area contributed by atoms with Gasteiger partial charge in [-0.25, -0.2) is 9.97 Å². The fourth-order valence-corrected chi connectivity index (χ4v) is 2.00. The average Bonchev–Trinajstić information content (AvgIpc) is 2.87. The third kappa shape index (κ3) is 1.82. The molecule has 6 heteroatoms. The van der Waals surface area contributed by atoms with Crippen molar-refractivity contribution in [3.63, 3.8) is 0 Å². The Hall–Kier alpha value is -2.01. The normalized spacial score (nSPS) is 12.6. The highest BCUT2D eigenvalue weighted by Crippen LogP contribution is 2.41. The van der Waals surface area contributed by atoms with Gasteiger partial charge in [0.2, 0.25) is 6.79 Å². The molecule has 0 radical (unpaired) electrons. The molecule has 0 unspecified atom stereocenters. The maximum Gasteiger partial charge on any atom is 0.231 e. The molecule has 0 saturated heterocycles. The van der Waals surface area contributed by atoms with Crippen molar-refractivity contribution in [3.8, 4) is 22.9 Å². The summed E-state index contributed by atoms with van der Waals surface area (Å²) in [5.41, 5.74) is 0.793. The molecule has 18 heavy (non-hydrogen) atoms. The number of anilines is 1. The van der Waals surface area contributed by atoms with Crippen molar-refractivity contribution in [2.24, 2.45) is 0 Å². The van der Waals surface area contributed by atoms with Gasteiger partial charge in [-0.3, -0.25) is 0 Å². The van der Waals surface area contributed by atoms with Gasteiger partial charge in [0.15, 0.2) is 17.3 Å². The van der Waals surface area contributed by atoms with Gasteiger partial charge in [-0.1, -0.05) is 11.6 Å². The van der Waals surface area contributed by atoms with E-state index in [0.717, 1.165) is 11.4 Å². The Labute approximate surface area is 109 Å². The lowest BCUT2D eigenvalue weighted by molar-refractivity contribution is 0.174. The Morgan fingerprint density at radius 1 is 1.33 bits per heavy atom. The van der Waals surface area contributed by atoms with Crippen LogP contribution in [0.15, 0.2) is 24.4 Å². The molecule has 0 bridgehead atoms. The Kier molecular flexibility index (Phi) is 2.68. The molecular formula is C12H10ClN3O2. The van der Waals surface area contributed by atoms with Gasteiger partial charge in [-0.2, -0.15) is 0 Å². The molecule has 0 atom stereocenters. The molecule has 2 aromatic rings. The first-order chi connectivity index (χ1) is 8.78. The summed E-state index contributed by atoms with van der Waals surface area (Å²) in [5, 5.41) is 3.46. The van der Waals surface area contributed by atoms with E-state index in [0.29, 0.717) is 22.3 Å². The minimum absolute atomic E-state index is 0.190. The number of aromatic nitrogens is 2. The standard InChI is InChI=1S/C12H10ClN3O2/c1-14-10-2-3-15-12(16-10)7-4-8(13)11-9(5-7)17-6-18-11/h2-5H,6H2,1H3,(H,14,15,16). The van der Waals surface area contributed by atoms with E-state index < -0.39 is 0 Å². The minimum atomic E-state index is 0.190. The highest BCUT2D eigenvalue weighted by Gasteiger charge is 2.19. The van der Waals surface area contributed by atoms with Crippen molar-refractivity contribution in [2.75, 3.05) is 19.2 Å². The molecule has 0 saturated carbocycles. The molecule has 0 amide bonds. The van der Waals surface area contributed by atoms with Gasteiger partial charge in [0.05, 0.1) is 5.02 Å². The summed E-state index contributed by atoms with van der Waals surface area (Å²) in [6, 6.07) is 5.38. The highest BCUT2D eigenvalue weighted by molar-refractivity contribution is 6.32. The van der Waals surface area contributed by atoms with E-state index in [1.165, 1.54) is 0 Å². The van der Waals surface area contributed by atoms with E-state index in [-0.39, 0.29) is 6.79 Å². The van der Waals surface area contributed by atoms with Crippen LogP contribution >= 0.6 is 11.6 Å². The maximum absolute atomic E-state index is 6.12. The van der Waals surface area contributed by atoms with Crippen LogP contribution in [0.3, 0.4) is 0 Å². The summed E-state index contributed by atoms with van der Waals surface area (Å²) in [6.45, 7) is 0.190. The molecule has 1 aliphatic rings. The molecule has 0 fully saturated rings. The number of nitrogens with zero attached hydrogens (tertiary/aromatic N) is 2. The van der Waals surface area contributed by atoms with Gasteiger partial charge in [-0.05, 0) is 18.2 Å². The number of ether oxygens (including phenoxy) is 2. The van der Waals surface area contributed by atoms with Gasteiger partial charge >= 0.3 is 0 Å². The zero-order valence-corrected chi connectivity index (χ0v) is 10.4. The van der Waals surface area contributed by atoms with Crippen molar-refractivity contribution < 1.29 is 9.47 Å². The predicted molar refractivity (Wildman–Crippen MR) is 68.1 cm³/mol. The molecule has 1 N–H and O–H groups in total. The molecule has 1 aliphatic heterocycles. The van der Waals surface area contributed by atoms with Crippen LogP contribution in [0.5, 0.6) is 11.5 Å². The van der Waals surface area contributed by atoms with Gasteiger partial charge in [0.1, 0.15) is 5.82 Å². The largest absolute Gasteiger partial charge is 0.454 e. The van der Waals surface area contributed by atoms with E-state index in [4.69, 9.17) is 21.1 Å². The first-order valence-corrected chi connectivity index (χ1v) is 5.76. The summed E-state index contributed by atoms with van der Waals surface area (Å²) in [6.07, 6.45) is 1.69. The van der Waals surface area contributed by atoms with Crippen LogP contribution in [0.2, 0.25) is 5.02 Å². The lowest BCUT2D eigenvalue weighted by Crippen LogP contribution is -1.95. The van der Waals surface area contributed by atoms with Gasteiger partial charge in [0, 0.05) is 18.8 Å². The van der Waals surface area contributed by atoms with Gasteiger partial charge in [0.25, 0.3) is 0 Å². The Morgan fingerprint density at radius 2 is 2.22 bits per heavy atom. The molecule has 2 heterocycles. The number of fused-ring (bicyclic) bond motifs is 1. The number of hydrogen-bond donors (Lipinski definition) is 1. The molecule has 3 rings (SSSR count). The van der Waals surface area contributed by atoms with Crippen molar-refractivity contribution in [1.82, 2.24) is 9.97 Å². The molecule has 1 aromatic heterocycles. The van der Waals surface area contributed by atoms with Crippen LogP contribution in [0.4, 0.5) is 5.82 Å². The quantitative estimate of drug-likeness (QED) is 0.902. The van der Waals surface area contributed by atoms with Gasteiger partial charge in [-0.15, -0.1) is 0 Å². The first-order valence-electron chi connectivity index (χ1n) is 5.38. The lowest BCUT2D eigenvalue weighted by atomic mass is 10.2. The maximum atomic E-state index is 6.12. The second-order valence-corrected chi connectivity index (χ2v) is 4.11. The van der Waals surface area contributed by atoms with Crippen LogP contribution in [-0.4, -0.2) is 23.8 Å². The highest BCUT2D eigenvalue weighted by atomic mass is 35.5. The smallest absolute Gasteiger partial charge is 0.231 e. The summed E-state index contributed by atoms with van der Waals surface area (Å²) < 4.78 is 10.6. The van der Waals surface area contributed by atoms with E-state index >= 15 is 0 Å². The summed E-state index contributed by atoms with van der Waals surface area (Å²) in [7, 11) is 1.80. The van der Waals surface area contributed by atoms with Crippen molar-refractivity contribution in [1.29, 1.82) is 0 Å². The van der Waals surface area contributed by atoms with E-state index in [9.17, 15) is 0 Å². The molecule has 1 aromatic carbocycles. The second-order valence-electron chi connectivity index (χ2n) is 3.71. The van der Waals surface area contributed by atoms with Crippen LogP contribution < -0.4 is 14.8 Å². The number of hydrogen-bond acceptors (Lipinski definition) is 5. The molecular weight excluding hydrogens is 254 g/mol. The monoisotopic (exact) mass is 263 g/mol. The van der Waals surface area contributed by atoms with Crippen molar-refractivity contribution >= 4 is 17.4 Å². The second kappa shape index (κ2) is 4.34. The van der Waals surface area contributed by atoms with Crippen LogP contribution in [-0.2, 0) is 0 Å². The zero-order valence-electron chi connectivity index (χ0n) is 9.61.